The molecule has 0 radical (unpaired) electrons. The molecular formula is C40H68N12O13. The number of rotatable bonds is 27. The van der Waals surface area contributed by atoms with E-state index >= 15 is 0 Å². The highest BCUT2D eigenvalue weighted by atomic mass is 16.4. The van der Waals surface area contributed by atoms with Gasteiger partial charge in [-0.25, -0.2) is 4.79 Å². The Hall–Kier alpha value is -5.95. The number of primary amides is 1. The number of carboxylic acids is 1. The van der Waals surface area contributed by atoms with Gasteiger partial charge in [-0.3, -0.25) is 47.9 Å². The Kier molecular flexibility index (Phi) is 23.3. The summed E-state index contributed by atoms with van der Waals surface area (Å²) < 4.78 is 0. The molecule has 0 unspecified atom stereocenters. The molecule has 2 aliphatic heterocycles. The van der Waals surface area contributed by atoms with E-state index < -0.39 is 133 Å². The number of unbranched alkanes of at least 4 members (excludes halogenated alkanes) is 1. The molecular weight excluding hydrogens is 857 g/mol. The van der Waals surface area contributed by atoms with Crippen molar-refractivity contribution in [3.8, 4) is 0 Å². The molecule has 2 heterocycles. The van der Waals surface area contributed by atoms with Crippen LogP contribution in [0, 0.1) is 5.92 Å². The normalized spacial score (nSPS) is 19.6. The molecule has 2 rings (SSSR count). The molecule has 10 amide bonds. The Balaban J connectivity index is 1.91. The van der Waals surface area contributed by atoms with Crippen molar-refractivity contribution in [1.82, 2.24) is 52.8 Å². The second-order valence-electron chi connectivity index (χ2n) is 16.7. The summed E-state index contributed by atoms with van der Waals surface area (Å²) in [4.78, 5) is 141. The van der Waals surface area contributed by atoms with Crippen LogP contribution in [0.3, 0.4) is 0 Å². The number of aliphatic hydroxyl groups is 1. The van der Waals surface area contributed by atoms with Crippen LogP contribution in [-0.2, 0) is 52.7 Å². The number of amides is 10. The number of aliphatic hydroxyl groups excluding tert-OH is 1. The van der Waals surface area contributed by atoms with E-state index in [0.29, 0.717) is 32.2 Å². The molecule has 25 nitrogen and oxygen atoms in total. The first-order chi connectivity index (χ1) is 30.5. The van der Waals surface area contributed by atoms with Crippen molar-refractivity contribution in [2.45, 2.75) is 147 Å². The van der Waals surface area contributed by atoms with Crippen molar-refractivity contribution in [2.75, 3.05) is 32.7 Å². The molecule has 0 aliphatic carbocycles. The molecule has 65 heavy (non-hydrogen) atoms. The standard InChI is InChI=1S/C40H68N12O13/c1-20(2)15-28(38(62)47-22(4)34(58)45-19-32(56)52-14-8-10-29(52)39(63)51-26(40(64)65)9-6-7-13-41)49-31(55)18-44-33(57)21(3)46-36(60)25(11-12-30(42)54)50-35(59)23(5)48-37(61)27-16-24(53)17-43-27/h20-29,43,53H,6-19,41H2,1-5H3,(H2,42,54)(H,44,57)(H,45,58)(H,46,60)(H,47,62)(H,48,61)(H,49,55)(H,50,59)(H,51,63)(H,64,65)/t21-,22-,23-,24+,25-,26-,27-,28-,29-/m0/s1. The zero-order valence-electron chi connectivity index (χ0n) is 37.7. The maximum Gasteiger partial charge on any atom is 0.326 e. The van der Waals surface area contributed by atoms with Crippen molar-refractivity contribution in [3.05, 3.63) is 0 Å². The lowest BCUT2D eigenvalue weighted by molar-refractivity contribution is -0.144. The van der Waals surface area contributed by atoms with E-state index in [1.807, 2.05) is 0 Å². The lowest BCUT2D eigenvalue weighted by atomic mass is 10.0. The van der Waals surface area contributed by atoms with Gasteiger partial charge in [0.1, 0.15) is 42.3 Å². The quantitative estimate of drug-likeness (QED) is 0.0342. The van der Waals surface area contributed by atoms with E-state index in [1.54, 1.807) is 13.8 Å². The van der Waals surface area contributed by atoms with Crippen LogP contribution in [0.2, 0.25) is 0 Å². The Morgan fingerprint density at radius 3 is 1.85 bits per heavy atom. The zero-order valence-corrected chi connectivity index (χ0v) is 37.7. The maximum absolute atomic E-state index is 13.3. The average molecular weight is 925 g/mol. The molecule has 0 aromatic rings. The summed E-state index contributed by atoms with van der Waals surface area (Å²) in [6.45, 7) is 7.23. The number of nitrogens with one attached hydrogen (secondary N) is 9. The van der Waals surface area contributed by atoms with Crippen LogP contribution < -0.4 is 59.3 Å². The first kappa shape index (κ1) is 55.2. The highest BCUT2D eigenvalue weighted by Gasteiger charge is 2.37. The molecule has 9 atom stereocenters. The van der Waals surface area contributed by atoms with Crippen LogP contribution in [0.1, 0.15) is 92.4 Å². The van der Waals surface area contributed by atoms with Gasteiger partial charge in [0.05, 0.1) is 25.2 Å². The minimum Gasteiger partial charge on any atom is -0.480 e. The second-order valence-corrected chi connectivity index (χ2v) is 16.7. The highest BCUT2D eigenvalue weighted by molar-refractivity contribution is 5.97. The van der Waals surface area contributed by atoms with Gasteiger partial charge in [-0.05, 0) is 84.6 Å². The van der Waals surface area contributed by atoms with Crippen molar-refractivity contribution in [3.63, 3.8) is 0 Å². The van der Waals surface area contributed by atoms with Gasteiger partial charge in [-0.2, -0.15) is 0 Å². The number of hydrogen-bond donors (Lipinski definition) is 13. The Labute approximate surface area is 377 Å². The van der Waals surface area contributed by atoms with E-state index in [4.69, 9.17) is 11.5 Å². The average Bonchev–Trinajstić information content (AvgIpc) is 3.92. The number of nitrogens with zero attached hydrogens (tertiary/aromatic N) is 1. The van der Waals surface area contributed by atoms with E-state index in [2.05, 4.69) is 47.9 Å². The van der Waals surface area contributed by atoms with Crippen molar-refractivity contribution < 1.29 is 63.0 Å². The van der Waals surface area contributed by atoms with Gasteiger partial charge in [0.2, 0.25) is 59.1 Å². The zero-order chi connectivity index (χ0) is 49.0. The van der Waals surface area contributed by atoms with E-state index in [0.717, 1.165) is 0 Å². The largest absolute Gasteiger partial charge is 0.480 e. The number of β-amino-alcohol motifs (C(OH)–C–C–N with tert-alkyl or cyclic N) is 1. The number of carbonyl (C=O) groups excluding carboxylic acids is 10. The highest BCUT2D eigenvalue weighted by Crippen LogP contribution is 2.18. The monoisotopic (exact) mass is 925 g/mol. The molecule has 15 N–H and O–H groups in total. The third-order valence-corrected chi connectivity index (χ3v) is 10.6. The summed E-state index contributed by atoms with van der Waals surface area (Å²) in [5.74, 6) is -8.61. The van der Waals surface area contributed by atoms with Crippen LogP contribution in [-0.4, -0.2) is 167 Å². The molecule has 0 spiro atoms. The van der Waals surface area contributed by atoms with Gasteiger partial charge in [0, 0.05) is 19.5 Å². The van der Waals surface area contributed by atoms with Crippen LogP contribution in [0.5, 0.6) is 0 Å². The van der Waals surface area contributed by atoms with Crippen molar-refractivity contribution in [1.29, 1.82) is 0 Å². The smallest absolute Gasteiger partial charge is 0.326 e. The van der Waals surface area contributed by atoms with E-state index in [1.165, 1.54) is 25.7 Å². The fourth-order valence-electron chi connectivity index (χ4n) is 6.95. The van der Waals surface area contributed by atoms with Crippen LogP contribution in [0.25, 0.3) is 0 Å². The lowest BCUT2D eigenvalue weighted by Crippen LogP contribution is -2.57. The second kappa shape index (κ2) is 27.4. The molecule has 25 heteroatoms. The topological polar surface area (TPSA) is 392 Å². The van der Waals surface area contributed by atoms with Gasteiger partial charge in [-0.1, -0.05) is 13.8 Å². The van der Waals surface area contributed by atoms with Gasteiger partial charge in [0.15, 0.2) is 0 Å². The molecule has 0 aromatic heterocycles. The predicted octanol–water partition coefficient (Wildman–Crippen LogP) is -5.57. The summed E-state index contributed by atoms with van der Waals surface area (Å²) in [5.41, 5.74) is 10.7. The number of likely N-dealkylation sites (tertiary alicyclic amines) is 1. The molecule has 2 saturated heterocycles. The molecule has 366 valence electrons. The molecule has 0 saturated carbocycles. The Morgan fingerprint density at radius 1 is 0.692 bits per heavy atom. The Bertz CT molecular complexity index is 1730. The number of carbonyl (C=O) groups is 11. The van der Waals surface area contributed by atoms with Gasteiger partial charge in [0.25, 0.3) is 0 Å². The molecule has 0 aromatic carbocycles. The predicted molar refractivity (Wildman–Crippen MR) is 230 cm³/mol. The Morgan fingerprint density at radius 2 is 1.29 bits per heavy atom. The van der Waals surface area contributed by atoms with Crippen LogP contribution in [0.4, 0.5) is 0 Å². The first-order valence-corrected chi connectivity index (χ1v) is 21.8. The number of aliphatic carboxylic acids is 1. The maximum atomic E-state index is 13.3. The fourth-order valence-corrected chi connectivity index (χ4v) is 6.95. The third-order valence-electron chi connectivity index (χ3n) is 10.6. The van der Waals surface area contributed by atoms with E-state index in [-0.39, 0.29) is 51.1 Å². The van der Waals surface area contributed by atoms with Gasteiger partial charge in [-0.15, -0.1) is 0 Å². The lowest BCUT2D eigenvalue weighted by Gasteiger charge is -2.26. The van der Waals surface area contributed by atoms with Gasteiger partial charge >= 0.3 is 5.97 Å². The summed E-state index contributed by atoms with van der Waals surface area (Å²) in [6.07, 6.45) is 1.02. The van der Waals surface area contributed by atoms with Crippen molar-refractivity contribution in [2.24, 2.45) is 17.4 Å². The van der Waals surface area contributed by atoms with Crippen LogP contribution >= 0.6 is 0 Å². The summed E-state index contributed by atoms with van der Waals surface area (Å²) in [5, 5.41) is 41.6. The van der Waals surface area contributed by atoms with Crippen molar-refractivity contribution >= 4 is 65.0 Å². The van der Waals surface area contributed by atoms with Gasteiger partial charge < -0.3 is 74.4 Å². The minimum absolute atomic E-state index is 0.124. The molecule has 2 fully saturated rings. The third kappa shape index (κ3) is 19.4. The number of hydrogen-bond acceptors (Lipinski definition) is 14. The van der Waals surface area contributed by atoms with E-state index in [9.17, 15) is 63.0 Å². The summed E-state index contributed by atoms with van der Waals surface area (Å²) in [6, 6.07) is -8.89. The number of carboxylic acid groups (broad SMARTS) is 1. The number of nitrogens with two attached hydrogens (primary N) is 2. The fraction of sp³-hybridized carbons (Fsp3) is 0.725. The summed E-state index contributed by atoms with van der Waals surface area (Å²) in [7, 11) is 0. The molecule has 2 aliphatic rings. The minimum atomic E-state index is -1.35. The summed E-state index contributed by atoms with van der Waals surface area (Å²) >= 11 is 0. The molecule has 0 bridgehead atoms. The van der Waals surface area contributed by atoms with Crippen LogP contribution in [0.15, 0.2) is 0 Å². The SMILES string of the molecule is CC(C)C[C@H](NC(=O)CNC(=O)[C@H](C)NC(=O)[C@H](CCC(N)=O)NC(=O)[C@H](C)NC(=O)[C@@H]1C[C@@H](O)CN1)C(=O)N[C@@H](C)C(=O)NCC(=O)N1CCC[C@H]1C(=O)N[C@@H](CCCCN)C(=O)O. The first-order valence-electron chi connectivity index (χ1n) is 21.8.